The Balaban J connectivity index is 1.79. The molecule has 1 N–H and O–H groups in total. The second-order valence-electron chi connectivity index (χ2n) is 8.30. The molecule has 0 aliphatic heterocycles. The molecular formula is C26H25N3O5S. The van der Waals surface area contributed by atoms with Gasteiger partial charge in [-0.2, -0.15) is 4.31 Å². The van der Waals surface area contributed by atoms with E-state index < -0.39 is 16.0 Å². The molecule has 0 amide bonds. The van der Waals surface area contributed by atoms with Crippen molar-refractivity contribution < 1.29 is 17.9 Å². The van der Waals surface area contributed by atoms with Crippen LogP contribution in [0.4, 0.5) is 0 Å². The molecule has 9 heteroatoms. The van der Waals surface area contributed by atoms with Crippen LogP contribution in [0.1, 0.15) is 32.6 Å². The Morgan fingerprint density at radius 3 is 2.51 bits per heavy atom. The number of hydrogen-bond donors (Lipinski definition) is 1. The van der Waals surface area contributed by atoms with Gasteiger partial charge < -0.3 is 9.72 Å². The van der Waals surface area contributed by atoms with Crippen molar-refractivity contribution in [2.24, 2.45) is 0 Å². The molecule has 0 radical (unpaired) electrons. The summed E-state index contributed by atoms with van der Waals surface area (Å²) in [6.07, 6.45) is 3.17. The molecule has 35 heavy (non-hydrogen) atoms. The molecule has 0 saturated carbocycles. The van der Waals surface area contributed by atoms with Crippen LogP contribution in [0.5, 0.6) is 0 Å². The van der Waals surface area contributed by atoms with Crippen LogP contribution < -0.4 is 5.56 Å². The van der Waals surface area contributed by atoms with E-state index in [2.05, 4.69) is 9.97 Å². The fourth-order valence-corrected chi connectivity index (χ4v) is 5.25. The lowest BCUT2D eigenvalue weighted by atomic mass is 10.0. The maximum Gasteiger partial charge on any atom is 0.337 e. The second kappa shape index (κ2) is 9.81. The molecule has 2 aromatic carbocycles. The number of rotatable bonds is 7. The van der Waals surface area contributed by atoms with E-state index in [4.69, 9.17) is 4.74 Å². The molecule has 8 nitrogen and oxygen atoms in total. The van der Waals surface area contributed by atoms with Gasteiger partial charge in [0.25, 0.3) is 5.56 Å². The number of methoxy groups -OCH3 is 1. The predicted octanol–water partition coefficient (Wildman–Crippen LogP) is 3.72. The highest BCUT2D eigenvalue weighted by molar-refractivity contribution is 7.89. The predicted molar refractivity (Wildman–Crippen MR) is 132 cm³/mol. The molecule has 180 valence electrons. The van der Waals surface area contributed by atoms with E-state index in [-0.39, 0.29) is 29.1 Å². The molecule has 0 spiro atoms. The van der Waals surface area contributed by atoms with Gasteiger partial charge in [0.2, 0.25) is 10.0 Å². The first-order chi connectivity index (χ1) is 16.7. The molecule has 2 aromatic heterocycles. The number of benzene rings is 2. The summed E-state index contributed by atoms with van der Waals surface area (Å²) in [5, 5.41) is 0.814. The van der Waals surface area contributed by atoms with Crippen molar-refractivity contribution in [3.63, 3.8) is 0 Å². The van der Waals surface area contributed by atoms with Crippen LogP contribution in [0.2, 0.25) is 0 Å². The molecule has 0 saturated heterocycles. The van der Waals surface area contributed by atoms with Crippen LogP contribution >= 0.6 is 0 Å². The SMILES string of the molecule is COC(=O)c1cccc(S(=O)(=O)N(Cc2cccnc2)Cc2cc3cc(C)c(C)cc3[nH]c2=O)c1. The number of aryl methyl sites for hydroxylation is 2. The average Bonchev–Trinajstić information content (AvgIpc) is 2.85. The largest absolute Gasteiger partial charge is 0.465 e. The number of H-pyrrole nitrogens is 1. The molecule has 4 rings (SSSR count). The molecule has 0 atom stereocenters. The number of carbonyl (C=O) groups is 1. The molecule has 4 aromatic rings. The van der Waals surface area contributed by atoms with Gasteiger partial charge in [0.15, 0.2) is 0 Å². The minimum atomic E-state index is -4.10. The molecule has 0 aliphatic rings. The number of carbonyl (C=O) groups excluding carboxylic acids is 1. The lowest BCUT2D eigenvalue weighted by Crippen LogP contribution is -2.32. The van der Waals surface area contributed by atoms with Crippen LogP contribution in [-0.2, 0) is 27.8 Å². The van der Waals surface area contributed by atoms with Crippen LogP contribution in [0.15, 0.2) is 76.7 Å². The minimum absolute atomic E-state index is 0.0109. The third-order valence-electron chi connectivity index (χ3n) is 5.86. The number of aromatic amines is 1. The summed E-state index contributed by atoms with van der Waals surface area (Å²) in [6.45, 7) is 3.76. The molecule has 0 fully saturated rings. The molecule has 0 aliphatic carbocycles. The van der Waals surface area contributed by atoms with Crippen LogP contribution in [0.3, 0.4) is 0 Å². The minimum Gasteiger partial charge on any atom is -0.465 e. The van der Waals surface area contributed by atoms with Gasteiger partial charge in [0.1, 0.15) is 0 Å². The Labute approximate surface area is 203 Å². The Kier molecular flexibility index (Phi) is 6.81. The Hall–Kier alpha value is -3.82. The number of sulfonamides is 1. The number of hydrogen-bond acceptors (Lipinski definition) is 6. The summed E-state index contributed by atoms with van der Waals surface area (Å²) in [6, 6.07) is 14.7. The number of esters is 1. The average molecular weight is 492 g/mol. The Morgan fingerprint density at radius 2 is 1.80 bits per heavy atom. The van der Waals surface area contributed by atoms with Crippen molar-refractivity contribution in [3.05, 3.63) is 105 Å². The van der Waals surface area contributed by atoms with Crippen molar-refractivity contribution >= 4 is 26.9 Å². The first-order valence-electron chi connectivity index (χ1n) is 10.9. The number of ether oxygens (including phenoxy) is 1. The van der Waals surface area contributed by atoms with E-state index in [0.717, 1.165) is 16.5 Å². The smallest absolute Gasteiger partial charge is 0.337 e. The standard InChI is InChI=1S/C26H25N3O5S/c1-17-10-21-12-22(25(30)28-24(21)11-18(17)2)16-29(15-19-6-5-9-27-14-19)35(32,33)23-8-4-7-20(13-23)26(31)34-3/h4-14H,15-16H2,1-3H3,(H,28,30). The van der Waals surface area contributed by atoms with Gasteiger partial charge in [0, 0.05) is 36.6 Å². The van der Waals surface area contributed by atoms with Crippen molar-refractivity contribution in [1.82, 2.24) is 14.3 Å². The van der Waals surface area contributed by atoms with Gasteiger partial charge in [-0.15, -0.1) is 0 Å². The third-order valence-corrected chi connectivity index (χ3v) is 7.64. The van der Waals surface area contributed by atoms with Gasteiger partial charge in [-0.05, 0) is 78.4 Å². The van der Waals surface area contributed by atoms with E-state index in [1.165, 1.54) is 35.7 Å². The van der Waals surface area contributed by atoms with E-state index in [9.17, 15) is 18.0 Å². The lowest BCUT2D eigenvalue weighted by molar-refractivity contribution is 0.0600. The zero-order valence-electron chi connectivity index (χ0n) is 19.6. The van der Waals surface area contributed by atoms with Crippen LogP contribution in [0.25, 0.3) is 10.9 Å². The number of nitrogens with one attached hydrogen (secondary N) is 1. The summed E-state index contributed by atoms with van der Waals surface area (Å²) < 4.78 is 33.4. The van der Waals surface area contributed by atoms with E-state index in [0.29, 0.717) is 16.6 Å². The summed E-state index contributed by atoms with van der Waals surface area (Å²) in [7, 11) is -2.87. The zero-order chi connectivity index (χ0) is 25.2. The summed E-state index contributed by atoms with van der Waals surface area (Å²) in [5.74, 6) is -0.641. The van der Waals surface area contributed by atoms with Crippen molar-refractivity contribution in [2.75, 3.05) is 7.11 Å². The first kappa shape index (κ1) is 24.3. The Morgan fingerprint density at radius 1 is 1.03 bits per heavy atom. The van der Waals surface area contributed by atoms with Crippen molar-refractivity contribution in [2.45, 2.75) is 31.8 Å². The number of fused-ring (bicyclic) bond motifs is 1. The highest BCUT2D eigenvalue weighted by Gasteiger charge is 2.27. The fraction of sp³-hybridized carbons (Fsp3) is 0.192. The van der Waals surface area contributed by atoms with Gasteiger partial charge in [0.05, 0.1) is 17.6 Å². The van der Waals surface area contributed by atoms with Crippen molar-refractivity contribution in [1.29, 1.82) is 0 Å². The normalized spacial score (nSPS) is 11.7. The Bertz CT molecular complexity index is 1560. The second-order valence-corrected chi connectivity index (χ2v) is 10.2. The molecule has 2 heterocycles. The van der Waals surface area contributed by atoms with Crippen LogP contribution in [0, 0.1) is 13.8 Å². The summed E-state index contributed by atoms with van der Waals surface area (Å²) in [5.41, 5.74) is 3.51. The molecular weight excluding hydrogens is 466 g/mol. The maximum absolute atomic E-state index is 13.7. The highest BCUT2D eigenvalue weighted by atomic mass is 32.2. The van der Waals surface area contributed by atoms with Crippen molar-refractivity contribution in [3.8, 4) is 0 Å². The lowest BCUT2D eigenvalue weighted by Gasteiger charge is -2.22. The topological polar surface area (TPSA) is 109 Å². The van der Waals surface area contributed by atoms with Gasteiger partial charge in [-0.3, -0.25) is 9.78 Å². The third kappa shape index (κ3) is 5.16. The van der Waals surface area contributed by atoms with Crippen LogP contribution in [-0.4, -0.2) is 35.8 Å². The molecule has 0 bridgehead atoms. The van der Waals surface area contributed by atoms with Gasteiger partial charge in [-0.1, -0.05) is 12.1 Å². The monoisotopic (exact) mass is 491 g/mol. The maximum atomic E-state index is 13.7. The van der Waals surface area contributed by atoms with E-state index >= 15 is 0 Å². The zero-order valence-corrected chi connectivity index (χ0v) is 20.4. The fourth-order valence-electron chi connectivity index (χ4n) is 3.80. The number of nitrogens with zero attached hydrogens (tertiary/aromatic N) is 2. The number of aromatic nitrogens is 2. The van der Waals surface area contributed by atoms with E-state index in [1.54, 1.807) is 30.6 Å². The summed E-state index contributed by atoms with van der Waals surface area (Å²) in [4.78, 5) is 31.8. The quantitative estimate of drug-likeness (QED) is 0.395. The van der Waals surface area contributed by atoms with Gasteiger partial charge >= 0.3 is 5.97 Å². The number of pyridine rings is 2. The first-order valence-corrected chi connectivity index (χ1v) is 12.3. The molecule has 0 unspecified atom stereocenters. The highest BCUT2D eigenvalue weighted by Crippen LogP contribution is 2.23. The summed E-state index contributed by atoms with van der Waals surface area (Å²) >= 11 is 0. The van der Waals surface area contributed by atoms with E-state index in [1.807, 2.05) is 26.0 Å². The van der Waals surface area contributed by atoms with Gasteiger partial charge in [-0.25, -0.2) is 13.2 Å².